The third-order valence-electron chi connectivity index (χ3n) is 6.35. The van der Waals surface area contributed by atoms with Gasteiger partial charge in [0.25, 0.3) is 0 Å². The summed E-state index contributed by atoms with van der Waals surface area (Å²) in [5.74, 6) is 3.24. The summed E-state index contributed by atoms with van der Waals surface area (Å²) < 4.78 is 13.7. The van der Waals surface area contributed by atoms with Gasteiger partial charge in [0.15, 0.2) is 17.5 Å². The molecule has 0 radical (unpaired) electrons. The van der Waals surface area contributed by atoms with Gasteiger partial charge >= 0.3 is 0 Å². The number of nitrogens with one attached hydrogen (secondary N) is 1. The van der Waals surface area contributed by atoms with E-state index in [-0.39, 0.29) is 29.4 Å². The molecule has 2 aliphatic heterocycles. The second-order valence-corrected chi connectivity index (χ2v) is 8.93. The van der Waals surface area contributed by atoms with E-state index in [1.165, 1.54) is 5.56 Å². The number of imidazole rings is 1. The molecule has 1 N–H and O–H groups in total. The largest absolute Gasteiger partial charge is 0.486 e. The van der Waals surface area contributed by atoms with Gasteiger partial charge in [-0.1, -0.05) is 26.8 Å². The van der Waals surface area contributed by atoms with E-state index in [1.807, 2.05) is 25.6 Å². The molecule has 8 heteroatoms. The van der Waals surface area contributed by atoms with Gasteiger partial charge < -0.3 is 24.3 Å². The van der Waals surface area contributed by atoms with Crippen molar-refractivity contribution < 1.29 is 9.47 Å². The van der Waals surface area contributed by atoms with Gasteiger partial charge in [-0.05, 0) is 30.0 Å². The Bertz CT molecular complexity index is 884. The van der Waals surface area contributed by atoms with Gasteiger partial charge in [0.1, 0.15) is 13.2 Å². The van der Waals surface area contributed by atoms with E-state index in [0.29, 0.717) is 25.2 Å². The van der Waals surface area contributed by atoms with Gasteiger partial charge in [-0.25, -0.2) is 4.98 Å². The first-order valence-corrected chi connectivity index (χ1v) is 10.8. The van der Waals surface area contributed by atoms with Crippen LogP contribution >= 0.6 is 24.0 Å². The number of hydrogen-bond donors (Lipinski definition) is 1. The number of aromatic nitrogens is 2. The molecule has 2 unspecified atom stereocenters. The number of rotatable bonds is 4. The number of nitrogens with zero attached hydrogens (tertiary/aromatic N) is 4. The Morgan fingerprint density at radius 1 is 1.26 bits per heavy atom. The van der Waals surface area contributed by atoms with Gasteiger partial charge in [0.2, 0.25) is 0 Å². The highest BCUT2D eigenvalue weighted by molar-refractivity contribution is 14.0. The van der Waals surface area contributed by atoms with E-state index in [4.69, 9.17) is 9.47 Å². The number of benzene rings is 1. The summed E-state index contributed by atoms with van der Waals surface area (Å²) in [7, 11) is 1.86. The molecule has 2 atom stereocenters. The van der Waals surface area contributed by atoms with Crippen LogP contribution < -0.4 is 14.8 Å². The first kappa shape index (κ1) is 23.7. The summed E-state index contributed by atoms with van der Waals surface area (Å²) >= 11 is 0. The van der Waals surface area contributed by atoms with E-state index in [2.05, 4.69) is 63.9 Å². The lowest BCUT2D eigenvalue weighted by Crippen LogP contribution is -2.51. The highest BCUT2D eigenvalue weighted by atomic mass is 127. The van der Waals surface area contributed by atoms with Crippen LogP contribution in [0.3, 0.4) is 0 Å². The monoisotopic (exact) mass is 539 g/mol. The summed E-state index contributed by atoms with van der Waals surface area (Å²) in [4.78, 5) is 11.2. The molecule has 0 aliphatic carbocycles. The second kappa shape index (κ2) is 10.1. The van der Waals surface area contributed by atoms with Crippen molar-refractivity contribution in [3.8, 4) is 11.5 Å². The lowest BCUT2D eigenvalue weighted by Gasteiger charge is -2.40. The molecule has 0 amide bonds. The maximum absolute atomic E-state index is 5.77. The van der Waals surface area contributed by atoms with Crippen molar-refractivity contribution in [1.29, 1.82) is 0 Å². The number of aliphatic imine (C=N–C) groups is 1. The fourth-order valence-corrected chi connectivity index (χ4v) is 4.29. The highest BCUT2D eigenvalue weighted by Crippen LogP contribution is 2.35. The number of fused-ring (bicyclic) bond motifs is 1. The predicted molar refractivity (Wildman–Crippen MR) is 134 cm³/mol. The molecule has 1 fully saturated rings. The van der Waals surface area contributed by atoms with Crippen LogP contribution in [0.15, 0.2) is 41.9 Å². The zero-order valence-electron chi connectivity index (χ0n) is 18.9. The molecule has 1 aromatic heterocycles. The highest BCUT2D eigenvalue weighted by Gasteiger charge is 2.30. The molecule has 3 heterocycles. The molecule has 1 aromatic carbocycles. The Hall–Kier alpha value is -1.97. The van der Waals surface area contributed by atoms with Crippen LogP contribution in [0.2, 0.25) is 0 Å². The van der Waals surface area contributed by atoms with Crippen LogP contribution in [0.4, 0.5) is 0 Å². The van der Waals surface area contributed by atoms with Gasteiger partial charge in [0, 0.05) is 44.5 Å². The van der Waals surface area contributed by atoms with Gasteiger partial charge in [-0.15, -0.1) is 24.0 Å². The SMILES string of the molecule is CN=C(NCC(C)(C)c1ccc2c(c1)OCCO2)N1CCC(C)C(n2ccnc2)C1.I. The molecule has 31 heavy (non-hydrogen) atoms. The van der Waals surface area contributed by atoms with Crippen LogP contribution in [-0.2, 0) is 5.41 Å². The Kier molecular flexibility index (Phi) is 7.72. The minimum absolute atomic E-state index is 0. The maximum atomic E-state index is 5.77. The molecule has 2 aromatic rings. The summed E-state index contributed by atoms with van der Waals surface area (Å²) in [6.45, 7) is 10.7. The smallest absolute Gasteiger partial charge is 0.193 e. The van der Waals surface area contributed by atoms with E-state index in [9.17, 15) is 0 Å². The van der Waals surface area contributed by atoms with Crippen LogP contribution in [-0.4, -0.2) is 60.3 Å². The van der Waals surface area contributed by atoms with Crippen molar-refractivity contribution in [3.63, 3.8) is 0 Å². The van der Waals surface area contributed by atoms with E-state index in [0.717, 1.165) is 43.5 Å². The Morgan fingerprint density at radius 2 is 2.03 bits per heavy atom. The number of likely N-dealkylation sites (tertiary alicyclic amines) is 1. The number of halogens is 1. The Balaban J connectivity index is 0.00000272. The topological polar surface area (TPSA) is 63.9 Å². The van der Waals surface area contributed by atoms with Gasteiger partial charge in [0.05, 0.1) is 12.4 Å². The Labute approximate surface area is 202 Å². The van der Waals surface area contributed by atoms with Gasteiger partial charge in [-0.3, -0.25) is 4.99 Å². The molecule has 1 saturated heterocycles. The van der Waals surface area contributed by atoms with E-state index in [1.54, 1.807) is 0 Å². The van der Waals surface area contributed by atoms with Crippen LogP contribution in [0, 0.1) is 5.92 Å². The molecule has 4 rings (SSSR count). The fraction of sp³-hybridized carbons (Fsp3) is 0.565. The number of piperidine rings is 1. The fourth-order valence-electron chi connectivity index (χ4n) is 4.29. The van der Waals surface area contributed by atoms with Crippen molar-refractivity contribution in [2.45, 2.75) is 38.6 Å². The standard InChI is InChI=1S/C23H33N5O2.HI/c1-17-7-9-27(14-19(17)28-10-8-25-16-28)22(24-4)26-15-23(2,3)18-5-6-20-21(13-18)30-12-11-29-20;/h5-6,8,10,13,16-17,19H,7,9,11-12,14-15H2,1-4H3,(H,24,26);1H. The van der Waals surface area contributed by atoms with E-state index < -0.39 is 0 Å². The quantitative estimate of drug-likeness (QED) is 0.365. The van der Waals surface area contributed by atoms with Crippen LogP contribution in [0.5, 0.6) is 11.5 Å². The molecule has 0 saturated carbocycles. The molecule has 2 aliphatic rings. The number of ether oxygens (including phenoxy) is 2. The number of guanidine groups is 1. The van der Waals surface area contributed by atoms with E-state index >= 15 is 0 Å². The molecule has 0 bridgehead atoms. The molecular weight excluding hydrogens is 505 g/mol. The number of hydrogen-bond acceptors (Lipinski definition) is 4. The summed E-state index contributed by atoms with van der Waals surface area (Å²) in [5, 5.41) is 3.62. The molecule has 0 spiro atoms. The molecule has 170 valence electrons. The van der Waals surface area contributed by atoms with Crippen molar-refractivity contribution in [3.05, 3.63) is 42.5 Å². The second-order valence-electron chi connectivity index (χ2n) is 8.93. The van der Waals surface area contributed by atoms with Gasteiger partial charge in [-0.2, -0.15) is 0 Å². The first-order chi connectivity index (χ1) is 14.5. The van der Waals surface area contributed by atoms with Crippen LogP contribution in [0.25, 0.3) is 0 Å². The minimum Gasteiger partial charge on any atom is -0.486 e. The van der Waals surface area contributed by atoms with Crippen molar-refractivity contribution in [2.24, 2.45) is 10.9 Å². The predicted octanol–water partition coefficient (Wildman–Crippen LogP) is 3.71. The lowest BCUT2D eigenvalue weighted by molar-refractivity contribution is 0.171. The molecule has 7 nitrogen and oxygen atoms in total. The maximum Gasteiger partial charge on any atom is 0.193 e. The third-order valence-corrected chi connectivity index (χ3v) is 6.35. The minimum atomic E-state index is -0.0847. The first-order valence-electron chi connectivity index (χ1n) is 10.8. The van der Waals surface area contributed by atoms with Crippen LogP contribution in [0.1, 0.15) is 38.8 Å². The molecular formula is C23H34IN5O2. The average molecular weight is 539 g/mol. The van der Waals surface area contributed by atoms with Crippen molar-refractivity contribution >= 4 is 29.9 Å². The zero-order chi connectivity index (χ0) is 21.1. The summed E-state index contributed by atoms with van der Waals surface area (Å²) in [6.07, 6.45) is 6.97. The Morgan fingerprint density at radius 3 is 2.74 bits per heavy atom. The zero-order valence-corrected chi connectivity index (χ0v) is 21.2. The lowest BCUT2D eigenvalue weighted by atomic mass is 9.84. The van der Waals surface area contributed by atoms with Crippen molar-refractivity contribution in [2.75, 3.05) is 39.9 Å². The summed E-state index contributed by atoms with van der Waals surface area (Å²) in [5.41, 5.74) is 1.14. The normalized spacial score (nSPS) is 21.4. The van der Waals surface area contributed by atoms with Crippen molar-refractivity contribution in [1.82, 2.24) is 19.8 Å². The summed E-state index contributed by atoms with van der Waals surface area (Å²) in [6, 6.07) is 6.67. The average Bonchev–Trinajstić information content (AvgIpc) is 3.29. The third kappa shape index (κ3) is 5.27.